The van der Waals surface area contributed by atoms with E-state index in [4.69, 9.17) is 0 Å². The molecule has 1 aliphatic heterocycles. The van der Waals surface area contributed by atoms with Gasteiger partial charge in [0.15, 0.2) is 0 Å². The summed E-state index contributed by atoms with van der Waals surface area (Å²) in [6, 6.07) is 1.59. The zero-order valence-corrected chi connectivity index (χ0v) is 10.3. The van der Waals surface area contributed by atoms with E-state index in [-0.39, 0.29) is 0 Å². The first-order valence-electron chi connectivity index (χ1n) is 6.62. The zero-order chi connectivity index (χ0) is 10.7. The average Bonchev–Trinajstić information content (AvgIpc) is 2.76. The van der Waals surface area contributed by atoms with E-state index in [0.29, 0.717) is 5.41 Å². The third-order valence-electron chi connectivity index (χ3n) is 4.06. The molecule has 15 heavy (non-hydrogen) atoms. The highest BCUT2D eigenvalue weighted by molar-refractivity contribution is 4.86. The van der Waals surface area contributed by atoms with Gasteiger partial charge in [0.25, 0.3) is 0 Å². The van der Waals surface area contributed by atoms with E-state index in [9.17, 15) is 0 Å². The number of rotatable bonds is 4. The lowest BCUT2D eigenvalue weighted by Crippen LogP contribution is -2.32. The van der Waals surface area contributed by atoms with E-state index in [0.717, 1.165) is 12.1 Å². The second kappa shape index (κ2) is 4.84. The van der Waals surface area contributed by atoms with E-state index >= 15 is 0 Å². The molecule has 0 radical (unpaired) electrons. The van der Waals surface area contributed by atoms with Gasteiger partial charge in [-0.15, -0.1) is 0 Å². The first-order chi connectivity index (χ1) is 7.16. The summed E-state index contributed by atoms with van der Waals surface area (Å²) in [4.78, 5) is 0. The van der Waals surface area contributed by atoms with Crippen molar-refractivity contribution >= 4 is 0 Å². The van der Waals surface area contributed by atoms with Crippen LogP contribution in [0.1, 0.15) is 52.4 Å². The highest BCUT2D eigenvalue weighted by Gasteiger charge is 2.30. The number of nitrogens with one attached hydrogen (secondary N) is 2. The van der Waals surface area contributed by atoms with Crippen LogP contribution in [0, 0.1) is 5.41 Å². The van der Waals surface area contributed by atoms with Gasteiger partial charge in [-0.1, -0.05) is 13.8 Å². The second-order valence-corrected chi connectivity index (χ2v) is 6.14. The van der Waals surface area contributed by atoms with Crippen molar-refractivity contribution in [3.05, 3.63) is 0 Å². The lowest BCUT2D eigenvalue weighted by molar-refractivity contribution is 0.362. The van der Waals surface area contributed by atoms with Crippen LogP contribution in [0.2, 0.25) is 0 Å². The van der Waals surface area contributed by atoms with Gasteiger partial charge in [0, 0.05) is 12.1 Å². The Hall–Kier alpha value is -0.0800. The quantitative estimate of drug-likeness (QED) is 0.744. The minimum absolute atomic E-state index is 0.587. The first-order valence-corrected chi connectivity index (χ1v) is 6.62. The van der Waals surface area contributed by atoms with E-state index in [1.807, 2.05) is 0 Å². The molecule has 1 saturated carbocycles. The van der Waals surface area contributed by atoms with Crippen LogP contribution in [0.15, 0.2) is 0 Å². The first kappa shape index (κ1) is 11.4. The summed E-state index contributed by atoms with van der Waals surface area (Å²) in [5.41, 5.74) is 0.587. The van der Waals surface area contributed by atoms with E-state index < -0.39 is 0 Å². The third kappa shape index (κ3) is 3.46. The lowest BCUT2D eigenvalue weighted by Gasteiger charge is -2.18. The summed E-state index contributed by atoms with van der Waals surface area (Å²) in [6.07, 6.45) is 8.22. The molecule has 0 amide bonds. The fraction of sp³-hybridized carbons (Fsp3) is 1.00. The normalized spacial score (nSPS) is 34.8. The highest BCUT2D eigenvalue weighted by Crippen LogP contribution is 2.36. The predicted molar refractivity (Wildman–Crippen MR) is 65.1 cm³/mol. The molecule has 2 rings (SSSR count). The van der Waals surface area contributed by atoms with Crippen LogP contribution < -0.4 is 10.6 Å². The average molecular weight is 210 g/mol. The van der Waals surface area contributed by atoms with Gasteiger partial charge >= 0.3 is 0 Å². The molecule has 0 bridgehead atoms. The molecule has 1 heterocycles. The number of hydrogen-bond donors (Lipinski definition) is 2. The molecule has 2 N–H and O–H groups in total. The van der Waals surface area contributed by atoms with Gasteiger partial charge in [0.2, 0.25) is 0 Å². The van der Waals surface area contributed by atoms with Crippen molar-refractivity contribution < 1.29 is 0 Å². The summed E-state index contributed by atoms with van der Waals surface area (Å²) in [5.74, 6) is 0. The standard InChI is InChI=1S/C13H26N2/c1-13(2)7-5-12(10-13)15-9-6-11-4-3-8-14-11/h11-12,14-15H,3-10H2,1-2H3. The topological polar surface area (TPSA) is 24.1 Å². The van der Waals surface area contributed by atoms with Crippen LogP contribution in [0.25, 0.3) is 0 Å². The Morgan fingerprint density at radius 1 is 1.33 bits per heavy atom. The largest absolute Gasteiger partial charge is 0.314 e. The van der Waals surface area contributed by atoms with Crippen molar-refractivity contribution in [3.8, 4) is 0 Å². The van der Waals surface area contributed by atoms with Crippen molar-refractivity contribution in [3.63, 3.8) is 0 Å². The maximum atomic E-state index is 3.72. The van der Waals surface area contributed by atoms with Gasteiger partial charge in [-0.25, -0.2) is 0 Å². The molecule has 2 atom stereocenters. The molecule has 1 saturated heterocycles. The maximum absolute atomic E-state index is 3.72. The second-order valence-electron chi connectivity index (χ2n) is 6.14. The summed E-state index contributed by atoms with van der Waals surface area (Å²) >= 11 is 0. The van der Waals surface area contributed by atoms with Crippen molar-refractivity contribution in [1.29, 1.82) is 0 Å². The molecule has 2 fully saturated rings. The molecular weight excluding hydrogens is 184 g/mol. The Morgan fingerprint density at radius 2 is 2.20 bits per heavy atom. The zero-order valence-electron chi connectivity index (χ0n) is 10.3. The SMILES string of the molecule is CC1(C)CCC(NCCC2CCCN2)C1. The Balaban J connectivity index is 1.58. The van der Waals surface area contributed by atoms with E-state index in [1.54, 1.807) is 0 Å². The van der Waals surface area contributed by atoms with Crippen LogP contribution >= 0.6 is 0 Å². The van der Waals surface area contributed by atoms with Crippen LogP contribution in [-0.2, 0) is 0 Å². The molecular formula is C13H26N2. The fourth-order valence-electron chi connectivity index (χ4n) is 3.08. The van der Waals surface area contributed by atoms with Gasteiger partial charge in [-0.05, 0) is 57.0 Å². The van der Waals surface area contributed by atoms with Crippen molar-refractivity contribution in [2.24, 2.45) is 5.41 Å². The van der Waals surface area contributed by atoms with Crippen LogP contribution in [0.3, 0.4) is 0 Å². The van der Waals surface area contributed by atoms with Crippen molar-refractivity contribution in [2.75, 3.05) is 13.1 Å². The Kier molecular flexibility index (Phi) is 3.68. The van der Waals surface area contributed by atoms with Crippen molar-refractivity contribution in [1.82, 2.24) is 10.6 Å². The van der Waals surface area contributed by atoms with Gasteiger partial charge < -0.3 is 10.6 Å². The molecule has 0 aromatic heterocycles. The van der Waals surface area contributed by atoms with Crippen molar-refractivity contribution in [2.45, 2.75) is 64.5 Å². The maximum Gasteiger partial charge on any atom is 0.00796 e. The number of hydrogen-bond acceptors (Lipinski definition) is 2. The van der Waals surface area contributed by atoms with Gasteiger partial charge in [-0.2, -0.15) is 0 Å². The minimum Gasteiger partial charge on any atom is -0.314 e. The Labute approximate surface area is 94.2 Å². The molecule has 0 aromatic carbocycles. The summed E-state index contributed by atoms with van der Waals surface area (Å²) < 4.78 is 0. The Morgan fingerprint density at radius 3 is 2.80 bits per heavy atom. The van der Waals surface area contributed by atoms with Crippen LogP contribution in [0.4, 0.5) is 0 Å². The summed E-state index contributed by atoms with van der Waals surface area (Å²) in [5, 5.41) is 7.28. The monoisotopic (exact) mass is 210 g/mol. The Bertz CT molecular complexity index is 195. The molecule has 88 valence electrons. The molecule has 2 aliphatic rings. The van der Waals surface area contributed by atoms with Gasteiger partial charge in [-0.3, -0.25) is 0 Å². The smallest absolute Gasteiger partial charge is 0.00796 e. The molecule has 2 heteroatoms. The van der Waals surface area contributed by atoms with E-state index in [1.165, 1.54) is 51.6 Å². The fourth-order valence-corrected chi connectivity index (χ4v) is 3.08. The summed E-state index contributed by atoms with van der Waals surface area (Å²) in [7, 11) is 0. The molecule has 0 aromatic rings. The lowest BCUT2D eigenvalue weighted by atomic mass is 9.92. The van der Waals surface area contributed by atoms with Gasteiger partial charge in [0.1, 0.15) is 0 Å². The van der Waals surface area contributed by atoms with Gasteiger partial charge in [0.05, 0.1) is 0 Å². The predicted octanol–water partition coefficient (Wildman–Crippen LogP) is 2.30. The summed E-state index contributed by atoms with van der Waals surface area (Å²) in [6.45, 7) is 7.24. The highest BCUT2D eigenvalue weighted by atomic mass is 15.0. The molecule has 0 spiro atoms. The molecule has 1 aliphatic carbocycles. The van der Waals surface area contributed by atoms with Crippen LogP contribution in [-0.4, -0.2) is 25.2 Å². The van der Waals surface area contributed by atoms with E-state index in [2.05, 4.69) is 24.5 Å². The molecule has 2 nitrogen and oxygen atoms in total. The minimum atomic E-state index is 0.587. The van der Waals surface area contributed by atoms with Crippen LogP contribution in [0.5, 0.6) is 0 Å². The third-order valence-corrected chi connectivity index (χ3v) is 4.06. The molecule has 2 unspecified atom stereocenters.